The number of aliphatic carboxylic acids is 1. The molecule has 4 heteroatoms. The van der Waals surface area contributed by atoms with E-state index in [-0.39, 0.29) is 41.9 Å². The predicted octanol–water partition coefficient (Wildman–Crippen LogP) is 5.14. The van der Waals surface area contributed by atoms with Crippen LogP contribution in [0.4, 0.5) is 0 Å². The van der Waals surface area contributed by atoms with Crippen molar-refractivity contribution < 1.29 is 14.6 Å². The third-order valence-electron chi connectivity index (χ3n) is 6.62. The normalized spacial score (nSPS) is 21.7. The van der Waals surface area contributed by atoms with Gasteiger partial charge in [-0.3, -0.25) is 4.79 Å². The number of hydrogen-bond acceptors (Lipinski definition) is 2. The van der Waals surface area contributed by atoms with Gasteiger partial charge < -0.3 is 9.84 Å². The van der Waals surface area contributed by atoms with Crippen molar-refractivity contribution in [3.05, 3.63) is 29.8 Å². The summed E-state index contributed by atoms with van der Waals surface area (Å²) in [5, 5.41) is 9.08. The van der Waals surface area contributed by atoms with E-state index >= 15 is 0 Å². The van der Waals surface area contributed by atoms with Crippen molar-refractivity contribution in [1.29, 1.82) is 0 Å². The summed E-state index contributed by atoms with van der Waals surface area (Å²) in [6, 6.07) is 7.87. The molecule has 0 saturated heterocycles. The molecule has 0 heterocycles. The Bertz CT molecular complexity index is 672. The van der Waals surface area contributed by atoms with Crippen LogP contribution in [0.1, 0.15) is 82.6 Å². The molecule has 0 amide bonds. The number of carbonyl (C=O) groups is 1. The van der Waals surface area contributed by atoms with E-state index in [1.165, 1.54) is 57.8 Å². The molecule has 2 aliphatic rings. The molecule has 1 N–H and O–H groups in total. The second-order valence-corrected chi connectivity index (χ2v) is 8.29. The number of hydrogen-bond donors (Lipinski definition) is 1. The maximum absolute atomic E-state index is 11.1. The Hall–Kier alpha value is -0.950. The van der Waals surface area contributed by atoms with Crippen molar-refractivity contribution in [3.8, 4) is 17.6 Å². The number of carboxylic acid groups (broad SMARTS) is 1. The van der Waals surface area contributed by atoms with Gasteiger partial charge in [0.2, 0.25) is 0 Å². The van der Waals surface area contributed by atoms with Gasteiger partial charge in [0, 0.05) is 0 Å². The van der Waals surface area contributed by atoms with Gasteiger partial charge in [0.1, 0.15) is 5.75 Å². The molecular formula is C24H33NaO3. The zero-order chi connectivity index (χ0) is 19.1. The van der Waals surface area contributed by atoms with Gasteiger partial charge in [-0.1, -0.05) is 50.2 Å². The number of benzene rings is 1. The SMILES string of the molecule is CC#C[C@@H](CC(=O)O)c1ccc(OCC2CCCCC23CCCCC3)cc1.[NaH]. The molecule has 2 saturated carbocycles. The Kier molecular flexibility index (Phi) is 9.41. The van der Waals surface area contributed by atoms with Crippen molar-refractivity contribution in [3.63, 3.8) is 0 Å². The summed E-state index contributed by atoms with van der Waals surface area (Å²) in [6.07, 6.45) is 12.4. The third-order valence-corrected chi connectivity index (χ3v) is 6.62. The van der Waals surface area contributed by atoms with Gasteiger partial charge in [0.05, 0.1) is 18.9 Å². The van der Waals surface area contributed by atoms with Crippen LogP contribution in [-0.2, 0) is 4.79 Å². The fourth-order valence-corrected chi connectivity index (χ4v) is 5.15. The molecule has 0 radical (unpaired) electrons. The molecule has 148 valence electrons. The Morgan fingerprint density at radius 1 is 1.14 bits per heavy atom. The van der Waals surface area contributed by atoms with Crippen molar-refractivity contribution in [1.82, 2.24) is 0 Å². The second-order valence-electron chi connectivity index (χ2n) is 8.29. The summed E-state index contributed by atoms with van der Waals surface area (Å²) >= 11 is 0. The average Bonchev–Trinajstić information content (AvgIpc) is 2.68. The standard InChI is InChI=1S/C24H32O3.Na.H/c1-2-8-20(17-23(25)26)19-10-12-22(13-11-19)27-18-21-9-4-7-16-24(21)14-5-3-6-15-24;;/h10-13,20-21H,3-7,9,14-18H2,1H3,(H,25,26);;/t20-,21?;;/m0../s1. The molecule has 2 fully saturated rings. The van der Waals surface area contributed by atoms with Crippen LogP contribution in [0.2, 0.25) is 0 Å². The third kappa shape index (κ3) is 6.02. The molecule has 1 spiro atoms. The number of ether oxygens (including phenoxy) is 1. The van der Waals surface area contributed by atoms with Gasteiger partial charge in [-0.15, -0.1) is 5.92 Å². The van der Waals surface area contributed by atoms with E-state index in [4.69, 9.17) is 9.84 Å². The fourth-order valence-electron chi connectivity index (χ4n) is 5.15. The Morgan fingerprint density at radius 3 is 2.39 bits per heavy atom. The molecule has 2 aliphatic carbocycles. The summed E-state index contributed by atoms with van der Waals surface area (Å²) in [4.78, 5) is 11.1. The van der Waals surface area contributed by atoms with Crippen molar-refractivity contribution in [2.24, 2.45) is 11.3 Å². The molecule has 1 aromatic carbocycles. The van der Waals surface area contributed by atoms with Gasteiger partial charge >= 0.3 is 35.5 Å². The molecule has 1 unspecified atom stereocenters. The Labute approximate surface area is 191 Å². The average molecular weight is 393 g/mol. The Morgan fingerprint density at radius 2 is 1.79 bits per heavy atom. The van der Waals surface area contributed by atoms with Crippen LogP contribution in [-0.4, -0.2) is 47.2 Å². The summed E-state index contributed by atoms with van der Waals surface area (Å²) in [7, 11) is 0. The molecule has 0 bridgehead atoms. The quantitative estimate of drug-likeness (QED) is 0.539. The van der Waals surface area contributed by atoms with Gasteiger partial charge in [-0.2, -0.15) is 0 Å². The van der Waals surface area contributed by atoms with E-state index in [0.717, 1.165) is 17.9 Å². The minimum atomic E-state index is -0.821. The van der Waals surface area contributed by atoms with Crippen molar-refractivity contribution in [2.45, 2.75) is 77.0 Å². The summed E-state index contributed by atoms with van der Waals surface area (Å²) in [5.41, 5.74) is 1.47. The van der Waals surface area contributed by atoms with Gasteiger partial charge in [0.25, 0.3) is 0 Å². The van der Waals surface area contributed by atoms with Crippen LogP contribution in [0.25, 0.3) is 0 Å². The van der Waals surface area contributed by atoms with Crippen molar-refractivity contribution in [2.75, 3.05) is 6.61 Å². The van der Waals surface area contributed by atoms with E-state index in [1.54, 1.807) is 6.92 Å². The maximum atomic E-state index is 11.1. The zero-order valence-corrected chi connectivity index (χ0v) is 16.5. The van der Waals surface area contributed by atoms with Crippen LogP contribution in [0, 0.1) is 23.2 Å². The first-order valence-electron chi connectivity index (χ1n) is 10.5. The van der Waals surface area contributed by atoms with Gasteiger partial charge in [-0.25, -0.2) is 0 Å². The van der Waals surface area contributed by atoms with E-state index in [9.17, 15) is 4.79 Å². The first kappa shape index (κ1) is 23.3. The molecule has 0 aromatic heterocycles. The summed E-state index contributed by atoms with van der Waals surface area (Å²) in [6.45, 7) is 2.56. The van der Waals surface area contributed by atoms with Gasteiger partial charge in [0.15, 0.2) is 0 Å². The van der Waals surface area contributed by atoms with E-state index in [0.29, 0.717) is 11.3 Å². The van der Waals surface area contributed by atoms with Crippen molar-refractivity contribution >= 4 is 35.5 Å². The number of rotatable bonds is 6. The van der Waals surface area contributed by atoms with Crippen LogP contribution in [0.15, 0.2) is 24.3 Å². The summed E-state index contributed by atoms with van der Waals surface area (Å²) in [5.74, 6) is 6.32. The first-order valence-corrected chi connectivity index (χ1v) is 10.5. The van der Waals surface area contributed by atoms with E-state index in [2.05, 4.69) is 11.8 Å². The predicted molar refractivity (Wildman–Crippen MR) is 115 cm³/mol. The molecule has 1 aromatic rings. The van der Waals surface area contributed by atoms with E-state index < -0.39 is 5.97 Å². The van der Waals surface area contributed by atoms with Crippen LogP contribution in [0.5, 0.6) is 5.75 Å². The summed E-state index contributed by atoms with van der Waals surface area (Å²) < 4.78 is 6.20. The van der Waals surface area contributed by atoms with E-state index in [1.807, 2.05) is 24.3 Å². The first-order chi connectivity index (χ1) is 13.1. The molecule has 28 heavy (non-hydrogen) atoms. The topological polar surface area (TPSA) is 46.5 Å². The molecule has 0 aliphatic heterocycles. The molecule has 3 nitrogen and oxygen atoms in total. The molecule has 2 atom stereocenters. The monoisotopic (exact) mass is 392 g/mol. The number of carboxylic acids is 1. The molecular weight excluding hydrogens is 359 g/mol. The molecule has 3 rings (SSSR count). The van der Waals surface area contributed by atoms with Crippen LogP contribution < -0.4 is 4.74 Å². The Balaban J connectivity index is 0.00000280. The second kappa shape index (κ2) is 11.3. The fraction of sp³-hybridized carbons (Fsp3) is 0.625. The zero-order valence-electron chi connectivity index (χ0n) is 16.5. The van der Waals surface area contributed by atoms with Gasteiger partial charge in [-0.05, 0) is 61.6 Å². The minimum absolute atomic E-state index is 0. The van der Waals surface area contributed by atoms with Crippen LogP contribution >= 0.6 is 0 Å². The van der Waals surface area contributed by atoms with Crippen LogP contribution in [0.3, 0.4) is 0 Å².